The van der Waals surface area contributed by atoms with Gasteiger partial charge in [-0.1, -0.05) is 115 Å². The van der Waals surface area contributed by atoms with Crippen molar-refractivity contribution < 1.29 is 43.3 Å². The second-order valence-electron chi connectivity index (χ2n) is 19.4. The molecule has 7 atom stereocenters. The molecule has 3 saturated heterocycles. The van der Waals surface area contributed by atoms with E-state index in [-0.39, 0.29) is 36.9 Å². The van der Waals surface area contributed by atoms with Crippen LogP contribution in [0.15, 0.2) is 158 Å². The van der Waals surface area contributed by atoms with Crippen molar-refractivity contribution in [3.05, 3.63) is 191 Å². The lowest BCUT2D eigenvalue weighted by Gasteiger charge is -2.46. The number of esters is 1. The molecule has 0 aromatic heterocycles. The van der Waals surface area contributed by atoms with Crippen molar-refractivity contribution in [2.75, 3.05) is 61.1 Å². The summed E-state index contributed by atoms with van der Waals surface area (Å²) in [6.07, 6.45) is -0.973. The van der Waals surface area contributed by atoms with Crippen LogP contribution in [-0.2, 0) is 29.3 Å². The maximum atomic E-state index is 16.8. The van der Waals surface area contributed by atoms with E-state index in [9.17, 15) is 14.7 Å². The Morgan fingerprint density at radius 2 is 1.45 bits per heavy atom. The molecule has 4 aliphatic heterocycles. The number of urea groups is 2. The van der Waals surface area contributed by atoms with E-state index >= 15 is 19.2 Å². The number of morpholine rings is 1. The molecule has 6 N–H and O–H groups in total. The summed E-state index contributed by atoms with van der Waals surface area (Å²) in [5.74, 6) is 2.44. The van der Waals surface area contributed by atoms with Crippen LogP contribution in [0, 0.1) is 17.8 Å². The minimum absolute atomic E-state index is 0.0129. The van der Waals surface area contributed by atoms with E-state index in [1.165, 1.54) is 0 Å². The minimum atomic E-state index is -2.13. The van der Waals surface area contributed by atoms with Gasteiger partial charge < -0.3 is 46.1 Å². The summed E-state index contributed by atoms with van der Waals surface area (Å²) >= 11 is 0. The first-order chi connectivity index (χ1) is 37.4. The quantitative estimate of drug-likeness (QED) is 0.0657. The van der Waals surface area contributed by atoms with Gasteiger partial charge in [-0.05, 0) is 89.3 Å². The van der Waals surface area contributed by atoms with Gasteiger partial charge in [0.2, 0.25) is 17.7 Å². The van der Waals surface area contributed by atoms with Gasteiger partial charge >= 0.3 is 18.0 Å². The number of cyclic esters (lactones) is 1. The molecule has 1 spiro atoms. The summed E-state index contributed by atoms with van der Waals surface area (Å²) in [5, 5.41) is 18.5. The number of primary amides is 1. The Bertz CT molecular complexity index is 3250. The number of rotatable bonds is 12. The molecule has 17 nitrogen and oxygen atoms in total. The van der Waals surface area contributed by atoms with Gasteiger partial charge in [-0.3, -0.25) is 24.1 Å². The number of ether oxygens (including phenoxy) is 2. The predicted molar refractivity (Wildman–Crippen MR) is 288 cm³/mol. The number of hydrogen-bond acceptors (Lipinski definition) is 11. The molecular weight excluding hydrogens is 977 g/mol. The fourth-order valence-corrected chi connectivity index (χ4v) is 11.5. The van der Waals surface area contributed by atoms with Gasteiger partial charge in [0.05, 0.1) is 42.9 Å². The van der Waals surface area contributed by atoms with E-state index in [1.54, 1.807) is 73.3 Å². The number of nitrogens with one attached hydrogen (secondary N) is 3. The molecule has 0 bridgehead atoms. The molecule has 6 aromatic rings. The van der Waals surface area contributed by atoms with E-state index in [0.29, 0.717) is 59.9 Å². The Kier molecular flexibility index (Phi) is 14.8. The average Bonchev–Trinajstić information content (AvgIpc) is 2.64. The van der Waals surface area contributed by atoms with Gasteiger partial charge in [-0.2, -0.15) is 0 Å². The van der Waals surface area contributed by atoms with Crippen molar-refractivity contribution in [2.45, 2.75) is 49.5 Å². The molecule has 10 rings (SSSR count). The highest BCUT2D eigenvalue weighted by molar-refractivity contribution is 6.25. The number of nitrogens with zero attached hydrogens (tertiary/aromatic N) is 4. The Morgan fingerprint density at radius 3 is 2.12 bits per heavy atom. The summed E-state index contributed by atoms with van der Waals surface area (Å²) < 4.78 is 12.7. The molecule has 0 aliphatic carbocycles. The Morgan fingerprint density at radius 1 is 0.792 bits per heavy atom. The van der Waals surface area contributed by atoms with E-state index in [2.05, 4.69) is 32.7 Å². The molecule has 77 heavy (non-hydrogen) atoms. The molecule has 4 aliphatic rings. The van der Waals surface area contributed by atoms with E-state index < -0.39 is 71.5 Å². The number of hydrogen-bond donors (Lipinski definition) is 5. The van der Waals surface area contributed by atoms with Crippen LogP contribution in [0.1, 0.15) is 71.5 Å². The number of amides is 7. The summed E-state index contributed by atoms with van der Waals surface area (Å²) in [4.78, 5) is 94.7. The molecule has 17 heteroatoms. The molecular formula is C60H58N8O9. The van der Waals surface area contributed by atoms with Crippen LogP contribution in [0.3, 0.4) is 0 Å². The third kappa shape index (κ3) is 9.92. The molecule has 0 radical (unpaired) electrons. The number of anilines is 3. The number of carbonyl (C=O) groups excluding carboxylic acids is 6. The van der Waals surface area contributed by atoms with Crippen molar-refractivity contribution in [2.24, 2.45) is 11.7 Å². The maximum absolute atomic E-state index is 16.8. The zero-order chi connectivity index (χ0) is 53.8. The van der Waals surface area contributed by atoms with Gasteiger partial charge in [0.25, 0.3) is 0 Å². The molecule has 0 saturated carbocycles. The Labute approximate surface area is 445 Å². The van der Waals surface area contributed by atoms with Gasteiger partial charge in [0.1, 0.15) is 29.9 Å². The Hall–Kier alpha value is -8.98. The van der Waals surface area contributed by atoms with Crippen molar-refractivity contribution in [3.63, 3.8) is 0 Å². The van der Waals surface area contributed by atoms with Crippen molar-refractivity contribution in [1.82, 2.24) is 20.4 Å². The zero-order valence-electron chi connectivity index (χ0n) is 42.5. The molecule has 6 aromatic carbocycles. The summed E-state index contributed by atoms with van der Waals surface area (Å²) in [6, 6.07) is 41.5. The van der Waals surface area contributed by atoms with Crippen molar-refractivity contribution >= 4 is 52.8 Å². The third-order valence-corrected chi connectivity index (χ3v) is 14.9. The highest BCUT2D eigenvalue weighted by Gasteiger charge is 2.75. The fourth-order valence-electron chi connectivity index (χ4n) is 11.5. The van der Waals surface area contributed by atoms with Crippen LogP contribution in [0.5, 0.6) is 5.75 Å². The van der Waals surface area contributed by atoms with Crippen molar-refractivity contribution in [1.29, 1.82) is 0 Å². The zero-order valence-corrected chi connectivity index (χ0v) is 42.5. The van der Waals surface area contributed by atoms with Crippen LogP contribution < -0.4 is 36.2 Å². The first kappa shape index (κ1) is 51.5. The number of nitrogens with two attached hydrogens (primary N) is 1. The second-order valence-corrected chi connectivity index (χ2v) is 19.4. The number of aliphatic hydroxyl groups excluding tert-OH is 1. The fraction of sp³-hybridized carbons (Fsp3) is 0.267. The molecule has 7 amide bonds. The highest BCUT2D eigenvalue weighted by Crippen LogP contribution is 2.66. The van der Waals surface area contributed by atoms with E-state index in [1.807, 2.05) is 108 Å². The van der Waals surface area contributed by atoms with Crippen LogP contribution in [0.2, 0.25) is 0 Å². The normalized spacial score (nSPS) is 22.0. The smallest absolute Gasteiger partial charge is 0.329 e. The Balaban J connectivity index is 1.21. The lowest BCUT2D eigenvalue weighted by molar-refractivity contribution is -0.177. The van der Waals surface area contributed by atoms with Crippen LogP contribution >= 0.6 is 0 Å². The summed E-state index contributed by atoms with van der Waals surface area (Å²) in [7, 11) is 0. The lowest BCUT2D eigenvalue weighted by atomic mass is 9.65. The number of aliphatic hydroxyl groups is 1. The number of piperazine rings is 1. The topological polar surface area (TPSA) is 216 Å². The third-order valence-electron chi connectivity index (χ3n) is 14.9. The van der Waals surface area contributed by atoms with E-state index in [4.69, 9.17) is 15.2 Å². The van der Waals surface area contributed by atoms with Gasteiger partial charge in [0, 0.05) is 50.0 Å². The monoisotopic (exact) mass is 1030 g/mol. The van der Waals surface area contributed by atoms with Crippen LogP contribution in [0.25, 0.3) is 0 Å². The predicted octanol–water partition coefficient (Wildman–Crippen LogP) is 6.52. The standard InChI is InChI=1S/C60H58N8O9/c1-38(41-15-6-3-7-16-41)63-59(75)67-49-28-23-40(14-13-29-62-58(61)74)36-48(49)60(57(67)73)50(55(71)64-45-24-26-46(27-25-45)66-32-30-65(31-33-66)39(2)70)52-56(72)77-53(43-19-10-5-11-20-43)51(42-17-8-4-9-18-42)68(52)54(60)44-21-12-22-47(37-44)76-35-34-69/h3-12,15-28,36-38,50-54,69H,29-35H2,1-2H3,(H,63,75)(H,64,71)(H3,61,62,74)/t38-,50+,51+,52?,53-,54-,60?/m0/s1. The largest absolute Gasteiger partial charge is 0.491 e. The van der Waals surface area contributed by atoms with Gasteiger partial charge in [-0.25, -0.2) is 14.5 Å². The second kappa shape index (κ2) is 22.1. The molecule has 392 valence electrons. The van der Waals surface area contributed by atoms with E-state index in [0.717, 1.165) is 16.2 Å². The molecule has 2 unspecified atom stereocenters. The van der Waals surface area contributed by atoms with Crippen LogP contribution in [0.4, 0.5) is 26.7 Å². The highest BCUT2D eigenvalue weighted by atomic mass is 16.6. The number of carbonyl (C=O) groups is 6. The SMILES string of the molecule is CC(=O)N1CCN(c2ccc(NC(=O)[C@H]3C4C(=O)O[C@@H](c5ccccc5)[C@@H](c5ccccc5)N4[C@@H](c4cccc(OCCO)c4)C34C(=O)N(C(=O)N[C@@H](C)c3ccccc3)c3ccc(C#CCNC(N)=O)cc34)cc2)CC1. The maximum Gasteiger partial charge on any atom is 0.329 e. The van der Waals surface area contributed by atoms with Crippen molar-refractivity contribution in [3.8, 4) is 17.6 Å². The first-order valence-corrected chi connectivity index (χ1v) is 25.6. The molecule has 4 heterocycles. The van der Waals surface area contributed by atoms with Crippen LogP contribution in [-0.4, -0.2) is 103 Å². The van der Waals surface area contributed by atoms with Gasteiger partial charge in [-0.15, -0.1) is 0 Å². The first-order valence-electron chi connectivity index (χ1n) is 25.6. The molecule has 3 fully saturated rings. The summed E-state index contributed by atoms with van der Waals surface area (Å²) in [6.45, 7) is 5.25. The lowest BCUT2D eigenvalue weighted by Crippen LogP contribution is -2.55. The number of benzene rings is 6. The summed E-state index contributed by atoms with van der Waals surface area (Å²) in [5.41, 5.74) is 7.84. The number of fused-ring (bicyclic) bond motifs is 3. The van der Waals surface area contributed by atoms with Gasteiger partial charge in [0.15, 0.2) is 0 Å². The average molecular weight is 1040 g/mol. The minimum Gasteiger partial charge on any atom is -0.491 e. The number of imide groups is 1.